The highest BCUT2D eigenvalue weighted by Crippen LogP contribution is 2.19. The van der Waals surface area contributed by atoms with Crippen LogP contribution in [-0.4, -0.2) is 24.0 Å². The van der Waals surface area contributed by atoms with E-state index in [4.69, 9.17) is 0 Å². The molecule has 0 fully saturated rings. The number of nitrogens with one attached hydrogen (secondary N) is 1. The van der Waals surface area contributed by atoms with Gasteiger partial charge in [-0.05, 0) is 43.9 Å². The number of carbonyl (C=O) groups excluding carboxylic acids is 1. The van der Waals surface area contributed by atoms with Crippen molar-refractivity contribution in [3.05, 3.63) is 29.8 Å². The minimum atomic E-state index is 0.210. The van der Waals surface area contributed by atoms with Crippen molar-refractivity contribution in [3.63, 3.8) is 0 Å². The molecular weight excluding hydrogens is 264 g/mol. The maximum Gasteiger partial charge on any atom is 0.162 e. The molecule has 98 valence electrons. The SMILES string of the molecule is C/C=N/Nc1ccc(C(=O)CCCSSC)cc1. The third-order valence-electron chi connectivity index (χ3n) is 2.28. The Morgan fingerprint density at radius 2 is 2.11 bits per heavy atom. The molecule has 0 heterocycles. The maximum absolute atomic E-state index is 11.9. The Morgan fingerprint density at radius 3 is 2.72 bits per heavy atom. The fourth-order valence-electron chi connectivity index (χ4n) is 1.39. The first-order valence-electron chi connectivity index (χ1n) is 5.80. The number of rotatable bonds is 8. The summed E-state index contributed by atoms with van der Waals surface area (Å²) in [5, 5.41) is 3.92. The molecule has 1 rings (SSSR count). The Hall–Kier alpha value is -0.940. The number of hydrogen-bond acceptors (Lipinski definition) is 5. The van der Waals surface area contributed by atoms with Gasteiger partial charge in [-0.15, -0.1) is 0 Å². The van der Waals surface area contributed by atoms with Crippen molar-refractivity contribution in [1.29, 1.82) is 0 Å². The number of benzene rings is 1. The van der Waals surface area contributed by atoms with Gasteiger partial charge in [-0.25, -0.2) is 0 Å². The van der Waals surface area contributed by atoms with Gasteiger partial charge < -0.3 is 0 Å². The number of anilines is 1. The van der Waals surface area contributed by atoms with Crippen LogP contribution in [0.4, 0.5) is 5.69 Å². The van der Waals surface area contributed by atoms with Gasteiger partial charge in [-0.3, -0.25) is 10.2 Å². The summed E-state index contributed by atoms with van der Waals surface area (Å²) in [5.41, 5.74) is 4.54. The lowest BCUT2D eigenvalue weighted by Crippen LogP contribution is -1.99. The van der Waals surface area contributed by atoms with Crippen LogP contribution < -0.4 is 5.43 Å². The Morgan fingerprint density at radius 1 is 1.39 bits per heavy atom. The van der Waals surface area contributed by atoms with Crippen molar-refractivity contribution in [3.8, 4) is 0 Å². The van der Waals surface area contributed by atoms with Crippen molar-refractivity contribution in [1.82, 2.24) is 0 Å². The number of ketones is 1. The van der Waals surface area contributed by atoms with Crippen molar-refractivity contribution in [2.24, 2.45) is 5.10 Å². The van der Waals surface area contributed by atoms with Crippen molar-refractivity contribution >= 4 is 39.3 Å². The molecule has 1 aromatic carbocycles. The number of hydrazone groups is 1. The molecule has 0 radical (unpaired) electrons. The molecule has 0 atom stereocenters. The minimum Gasteiger partial charge on any atom is -0.294 e. The monoisotopic (exact) mass is 282 g/mol. The first-order chi connectivity index (χ1) is 8.77. The van der Waals surface area contributed by atoms with E-state index in [0.29, 0.717) is 6.42 Å². The van der Waals surface area contributed by atoms with Gasteiger partial charge in [0.15, 0.2) is 5.78 Å². The minimum absolute atomic E-state index is 0.210. The lowest BCUT2D eigenvalue weighted by Gasteiger charge is -2.03. The molecule has 5 heteroatoms. The molecule has 0 saturated heterocycles. The third-order valence-corrected chi connectivity index (χ3v) is 4.18. The van der Waals surface area contributed by atoms with E-state index in [1.54, 1.807) is 27.8 Å². The standard InChI is InChI=1S/C13H18N2OS2/c1-3-14-15-12-8-6-11(7-9-12)13(16)5-4-10-18-17-2/h3,6-9,15H,4-5,10H2,1-2H3/b14-3+. The highest BCUT2D eigenvalue weighted by molar-refractivity contribution is 8.76. The van der Waals surface area contributed by atoms with Gasteiger partial charge in [0, 0.05) is 24.0 Å². The summed E-state index contributed by atoms with van der Waals surface area (Å²) in [7, 11) is 3.54. The number of nitrogens with zero attached hydrogens (tertiary/aromatic N) is 1. The molecule has 0 aliphatic rings. The van der Waals surface area contributed by atoms with Crippen LogP contribution in [0.2, 0.25) is 0 Å². The molecule has 18 heavy (non-hydrogen) atoms. The molecule has 0 aliphatic heterocycles. The van der Waals surface area contributed by atoms with Crippen LogP contribution in [-0.2, 0) is 0 Å². The van der Waals surface area contributed by atoms with Gasteiger partial charge in [0.1, 0.15) is 0 Å². The molecular formula is C13H18N2OS2. The molecule has 0 saturated carbocycles. The molecule has 0 bridgehead atoms. The summed E-state index contributed by atoms with van der Waals surface area (Å²) in [6.07, 6.45) is 5.29. The number of carbonyl (C=O) groups is 1. The summed E-state index contributed by atoms with van der Waals surface area (Å²) in [6.45, 7) is 1.84. The summed E-state index contributed by atoms with van der Waals surface area (Å²) in [6, 6.07) is 7.43. The second-order valence-electron chi connectivity index (χ2n) is 3.59. The lowest BCUT2D eigenvalue weighted by molar-refractivity contribution is 0.0982. The smallest absolute Gasteiger partial charge is 0.162 e. The maximum atomic E-state index is 11.9. The fourth-order valence-corrected chi connectivity index (χ4v) is 2.67. The molecule has 0 unspecified atom stereocenters. The summed E-state index contributed by atoms with van der Waals surface area (Å²) in [5.74, 6) is 1.24. The molecule has 1 aromatic rings. The largest absolute Gasteiger partial charge is 0.294 e. The molecule has 3 nitrogen and oxygen atoms in total. The van der Waals surface area contributed by atoms with Gasteiger partial charge in [0.2, 0.25) is 0 Å². The van der Waals surface area contributed by atoms with Crippen LogP contribution in [0.25, 0.3) is 0 Å². The van der Waals surface area contributed by atoms with Crippen LogP contribution in [0.5, 0.6) is 0 Å². The van der Waals surface area contributed by atoms with Crippen LogP contribution in [0.15, 0.2) is 29.4 Å². The average Bonchev–Trinajstić information content (AvgIpc) is 2.41. The zero-order valence-electron chi connectivity index (χ0n) is 10.7. The molecule has 1 N–H and O–H groups in total. The highest BCUT2D eigenvalue weighted by Gasteiger charge is 2.05. The molecule has 0 aromatic heterocycles. The Labute approximate surface area is 116 Å². The fraction of sp³-hybridized carbons (Fsp3) is 0.385. The first kappa shape index (κ1) is 15.1. The summed E-state index contributed by atoms with van der Waals surface area (Å²) < 4.78 is 0. The van der Waals surface area contributed by atoms with Gasteiger partial charge in [-0.2, -0.15) is 5.10 Å². The first-order valence-corrected chi connectivity index (χ1v) is 8.53. The van der Waals surface area contributed by atoms with E-state index in [9.17, 15) is 4.79 Å². The number of hydrogen-bond donors (Lipinski definition) is 1. The van der Waals surface area contributed by atoms with Crippen molar-refractivity contribution in [2.75, 3.05) is 17.4 Å². The van der Waals surface area contributed by atoms with E-state index in [0.717, 1.165) is 23.4 Å². The van der Waals surface area contributed by atoms with E-state index >= 15 is 0 Å². The van der Waals surface area contributed by atoms with Crippen molar-refractivity contribution in [2.45, 2.75) is 19.8 Å². The number of Topliss-reactive ketones (excluding diaryl/α,β-unsaturated/α-hetero) is 1. The Kier molecular flexibility index (Phi) is 7.60. The van der Waals surface area contributed by atoms with Gasteiger partial charge >= 0.3 is 0 Å². The van der Waals surface area contributed by atoms with Crippen molar-refractivity contribution < 1.29 is 4.79 Å². The normalized spacial score (nSPS) is 10.8. The van der Waals surface area contributed by atoms with Gasteiger partial charge in [-0.1, -0.05) is 21.6 Å². The summed E-state index contributed by atoms with van der Waals surface area (Å²) >= 11 is 0. The predicted molar refractivity (Wildman–Crippen MR) is 83.8 cm³/mol. The topological polar surface area (TPSA) is 41.5 Å². The second kappa shape index (κ2) is 9.05. The van der Waals surface area contributed by atoms with E-state index in [1.807, 2.05) is 31.2 Å². The van der Waals surface area contributed by atoms with E-state index in [2.05, 4.69) is 16.8 Å². The molecule has 0 amide bonds. The molecule has 0 aliphatic carbocycles. The highest BCUT2D eigenvalue weighted by atomic mass is 33.1. The predicted octanol–water partition coefficient (Wildman–Crippen LogP) is 4.08. The zero-order chi connectivity index (χ0) is 13.2. The van der Waals surface area contributed by atoms with Crippen LogP contribution in [0.1, 0.15) is 30.1 Å². The average molecular weight is 282 g/mol. The third kappa shape index (κ3) is 5.60. The summed E-state index contributed by atoms with van der Waals surface area (Å²) in [4.78, 5) is 11.9. The Bertz CT molecular complexity index is 390. The van der Waals surface area contributed by atoms with Crippen LogP contribution in [0.3, 0.4) is 0 Å². The van der Waals surface area contributed by atoms with E-state index in [1.165, 1.54) is 0 Å². The van der Waals surface area contributed by atoms with E-state index in [-0.39, 0.29) is 5.78 Å². The second-order valence-corrected chi connectivity index (χ2v) is 6.28. The quantitative estimate of drug-likeness (QED) is 0.256. The molecule has 0 spiro atoms. The Balaban J connectivity index is 2.43. The van der Waals surface area contributed by atoms with Crippen LogP contribution >= 0.6 is 21.6 Å². The van der Waals surface area contributed by atoms with Gasteiger partial charge in [0.05, 0.1) is 5.69 Å². The lowest BCUT2D eigenvalue weighted by atomic mass is 10.1. The van der Waals surface area contributed by atoms with E-state index < -0.39 is 0 Å². The zero-order valence-corrected chi connectivity index (χ0v) is 12.3. The van der Waals surface area contributed by atoms with Gasteiger partial charge in [0.25, 0.3) is 0 Å². The van der Waals surface area contributed by atoms with Crippen LogP contribution in [0, 0.1) is 0 Å².